The molecule has 0 radical (unpaired) electrons. The summed E-state index contributed by atoms with van der Waals surface area (Å²) in [5, 5.41) is 3.87. The number of rotatable bonds is 1. The summed E-state index contributed by atoms with van der Waals surface area (Å²) in [6.07, 6.45) is 3.48. The van der Waals surface area contributed by atoms with Crippen LogP contribution in [0, 0.1) is 25.7 Å². The van der Waals surface area contributed by atoms with Gasteiger partial charge in [-0.25, -0.2) is 0 Å². The molecule has 2 N–H and O–H groups in total. The van der Waals surface area contributed by atoms with Gasteiger partial charge in [-0.1, -0.05) is 11.6 Å². The van der Waals surface area contributed by atoms with Crippen LogP contribution < -0.4 is 5.73 Å². The van der Waals surface area contributed by atoms with E-state index in [1.54, 1.807) is 6.92 Å². The van der Waals surface area contributed by atoms with Gasteiger partial charge in [0.15, 0.2) is 0 Å². The Morgan fingerprint density at radius 2 is 2.10 bits per heavy atom. The van der Waals surface area contributed by atoms with E-state index in [1.807, 2.05) is 11.8 Å². The molecule has 2 aliphatic rings. The van der Waals surface area contributed by atoms with Crippen LogP contribution in [0.4, 0.5) is 0 Å². The highest BCUT2D eigenvalue weighted by Crippen LogP contribution is 2.36. The van der Waals surface area contributed by atoms with Gasteiger partial charge >= 0.3 is 0 Å². The number of carbonyl (C=O) groups is 1. The molecule has 1 aromatic heterocycles. The number of hydrogen-bond acceptors (Lipinski definition) is 4. The Morgan fingerprint density at radius 3 is 2.70 bits per heavy atom. The Bertz CT molecular complexity index is 483. The summed E-state index contributed by atoms with van der Waals surface area (Å²) in [6.45, 7) is 5.23. The predicted molar refractivity (Wildman–Crippen MR) is 77.9 cm³/mol. The van der Waals surface area contributed by atoms with Gasteiger partial charge in [0.25, 0.3) is 5.91 Å². The Morgan fingerprint density at radius 1 is 1.35 bits per heavy atom. The van der Waals surface area contributed by atoms with Crippen molar-refractivity contribution in [1.29, 1.82) is 0 Å². The van der Waals surface area contributed by atoms with E-state index in [4.69, 9.17) is 10.3 Å². The van der Waals surface area contributed by atoms with Crippen LogP contribution in [-0.2, 0) is 0 Å². The molecule has 5 nitrogen and oxygen atoms in total. The van der Waals surface area contributed by atoms with Crippen molar-refractivity contribution in [2.75, 3.05) is 13.1 Å². The molecule has 0 bridgehead atoms. The highest BCUT2D eigenvalue weighted by atomic mass is 35.5. The maximum Gasteiger partial charge on any atom is 0.259 e. The minimum absolute atomic E-state index is 0. The first-order valence-electron chi connectivity index (χ1n) is 7.05. The summed E-state index contributed by atoms with van der Waals surface area (Å²) in [5.41, 5.74) is 7.51. The van der Waals surface area contributed by atoms with Gasteiger partial charge in [0.1, 0.15) is 11.3 Å². The third kappa shape index (κ3) is 2.44. The number of nitrogens with zero attached hydrogens (tertiary/aromatic N) is 2. The van der Waals surface area contributed by atoms with Gasteiger partial charge in [0, 0.05) is 19.1 Å². The fraction of sp³-hybridized carbons (Fsp3) is 0.714. The molecule has 1 aromatic rings. The molecule has 3 unspecified atom stereocenters. The fourth-order valence-corrected chi connectivity index (χ4v) is 3.63. The summed E-state index contributed by atoms with van der Waals surface area (Å²) in [7, 11) is 0. The first-order chi connectivity index (χ1) is 9.08. The van der Waals surface area contributed by atoms with Gasteiger partial charge in [-0.05, 0) is 38.5 Å². The van der Waals surface area contributed by atoms with Crippen molar-refractivity contribution in [2.24, 2.45) is 17.6 Å². The van der Waals surface area contributed by atoms with E-state index < -0.39 is 0 Å². The van der Waals surface area contributed by atoms with E-state index >= 15 is 0 Å². The van der Waals surface area contributed by atoms with Crippen molar-refractivity contribution in [3.8, 4) is 0 Å². The number of likely N-dealkylation sites (tertiary alicyclic amines) is 1. The predicted octanol–water partition coefficient (Wildman–Crippen LogP) is 1.91. The topological polar surface area (TPSA) is 72.4 Å². The minimum atomic E-state index is 0. The lowest BCUT2D eigenvalue weighted by molar-refractivity contribution is 0.0781. The second-order valence-corrected chi connectivity index (χ2v) is 5.93. The standard InChI is InChI=1S/C14H21N3O2.ClH/c1-8-13(9(2)19-16-8)14(18)17-6-10-4-3-5-12(15)11(10)7-17;/h10-12H,3-7,15H2,1-2H3;1H. The molecule has 0 spiro atoms. The van der Waals surface area contributed by atoms with Crippen LogP contribution in [0.25, 0.3) is 0 Å². The van der Waals surface area contributed by atoms with Crippen LogP contribution >= 0.6 is 12.4 Å². The smallest absolute Gasteiger partial charge is 0.259 e. The van der Waals surface area contributed by atoms with Gasteiger partial charge in [0.2, 0.25) is 0 Å². The van der Waals surface area contributed by atoms with Gasteiger partial charge in [-0.3, -0.25) is 4.79 Å². The van der Waals surface area contributed by atoms with Crippen molar-refractivity contribution in [1.82, 2.24) is 10.1 Å². The summed E-state index contributed by atoms with van der Waals surface area (Å²) in [6, 6.07) is 0.251. The maximum atomic E-state index is 12.6. The van der Waals surface area contributed by atoms with E-state index in [1.165, 1.54) is 12.8 Å². The molecule has 1 aliphatic heterocycles. The normalized spacial score (nSPS) is 28.9. The molecule has 1 saturated heterocycles. The van der Waals surface area contributed by atoms with Crippen molar-refractivity contribution in [2.45, 2.75) is 39.2 Å². The summed E-state index contributed by atoms with van der Waals surface area (Å²) in [4.78, 5) is 14.5. The first kappa shape index (κ1) is 15.3. The molecule has 20 heavy (non-hydrogen) atoms. The van der Waals surface area contributed by atoms with Crippen molar-refractivity contribution in [3.05, 3.63) is 17.0 Å². The average molecular weight is 300 g/mol. The SMILES string of the molecule is Cc1noc(C)c1C(=O)N1CC2CCCC(N)C2C1.Cl. The Balaban J connectivity index is 0.00000147. The number of carbonyl (C=O) groups excluding carboxylic acids is 1. The van der Waals surface area contributed by atoms with Crippen molar-refractivity contribution >= 4 is 18.3 Å². The van der Waals surface area contributed by atoms with Gasteiger partial charge in [0.05, 0.1) is 5.69 Å². The molecule has 6 heteroatoms. The summed E-state index contributed by atoms with van der Waals surface area (Å²) >= 11 is 0. The van der Waals surface area contributed by atoms with E-state index in [0.717, 1.165) is 19.5 Å². The molecule has 1 saturated carbocycles. The lowest BCUT2D eigenvalue weighted by atomic mass is 9.78. The van der Waals surface area contributed by atoms with E-state index in [-0.39, 0.29) is 24.4 Å². The second kappa shape index (κ2) is 5.74. The van der Waals surface area contributed by atoms with Crippen LogP contribution in [-0.4, -0.2) is 35.1 Å². The molecule has 3 rings (SSSR count). The highest BCUT2D eigenvalue weighted by Gasteiger charge is 2.41. The zero-order valence-electron chi connectivity index (χ0n) is 12.0. The number of nitrogens with two attached hydrogens (primary N) is 1. The van der Waals surface area contributed by atoms with Gasteiger partial charge in [-0.15, -0.1) is 12.4 Å². The molecular weight excluding hydrogens is 278 g/mol. The largest absolute Gasteiger partial charge is 0.361 e. The fourth-order valence-electron chi connectivity index (χ4n) is 3.63. The number of aryl methyl sites for hydroxylation is 2. The Kier molecular flexibility index (Phi) is 4.39. The molecule has 2 heterocycles. The lowest BCUT2D eigenvalue weighted by Gasteiger charge is -2.29. The molecular formula is C14H22ClN3O2. The molecule has 112 valence electrons. The molecule has 0 aromatic carbocycles. The van der Waals surface area contributed by atoms with Crippen LogP contribution in [0.5, 0.6) is 0 Å². The van der Waals surface area contributed by atoms with Crippen LogP contribution in [0.3, 0.4) is 0 Å². The number of fused-ring (bicyclic) bond motifs is 1. The van der Waals surface area contributed by atoms with E-state index in [2.05, 4.69) is 5.16 Å². The zero-order valence-corrected chi connectivity index (χ0v) is 12.8. The molecule has 1 amide bonds. The first-order valence-corrected chi connectivity index (χ1v) is 7.05. The third-order valence-corrected chi connectivity index (χ3v) is 4.69. The van der Waals surface area contributed by atoms with Crippen LogP contribution in [0.15, 0.2) is 4.52 Å². The van der Waals surface area contributed by atoms with Crippen LogP contribution in [0.1, 0.15) is 41.1 Å². The molecule has 1 aliphatic carbocycles. The monoisotopic (exact) mass is 299 g/mol. The van der Waals surface area contributed by atoms with Gasteiger partial charge in [-0.2, -0.15) is 0 Å². The number of aromatic nitrogens is 1. The van der Waals surface area contributed by atoms with Crippen molar-refractivity contribution in [3.63, 3.8) is 0 Å². The summed E-state index contributed by atoms with van der Waals surface area (Å²) < 4.78 is 5.09. The lowest BCUT2D eigenvalue weighted by Crippen LogP contribution is -2.38. The Labute approximate surface area is 125 Å². The number of halogens is 1. The molecule has 2 fully saturated rings. The van der Waals surface area contributed by atoms with Crippen LogP contribution in [0.2, 0.25) is 0 Å². The molecule has 3 atom stereocenters. The van der Waals surface area contributed by atoms with E-state index in [0.29, 0.717) is 28.9 Å². The van der Waals surface area contributed by atoms with E-state index in [9.17, 15) is 4.79 Å². The second-order valence-electron chi connectivity index (χ2n) is 5.93. The summed E-state index contributed by atoms with van der Waals surface area (Å²) in [5.74, 6) is 1.71. The zero-order chi connectivity index (χ0) is 13.6. The number of amides is 1. The Hall–Kier alpha value is -1.07. The van der Waals surface area contributed by atoms with Gasteiger partial charge < -0.3 is 15.2 Å². The average Bonchev–Trinajstić information content (AvgIpc) is 2.94. The third-order valence-electron chi connectivity index (χ3n) is 4.69. The van der Waals surface area contributed by atoms with Crippen molar-refractivity contribution < 1.29 is 9.32 Å². The highest BCUT2D eigenvalue weighted by molar-refractivity contribution is 5.96. The number of hydrogen-bond donors (Lipinski definition) is 1. The maximum absolute atomic E-state index is 12.6. The quantitative estimate of drug-likeness (QED) is 0.860. The minimum Gasteiger partial charge on any atom is -0.361 e.